The summed E-state index contributed by atoms with van der Waals surface area (Å²) in [4.78, 5) is 1.41. The van der Waals surface area contributed by atoms with Crippen LogP contribution in [0.25, 0.3) is 0 Å². The smallest absolute Gasteiger partial charge is 0.163 e. The third kappa shape index (κ3) is 2.58. The van der Waals surface area contributed by atoms with Gasteiger partial charge in [-0.05, 0) is 36.6 Å². The number of anilines is 1. The van der Waals surface area contributed by atoms with Crippen LogP contribution < -0.4 is 14.8 Å². The molecular formula is C16H16ClNO2S. The van der Waals surface area contributed by atoms with Gasteiger partial charge in [-0.1, -0.05) is 11.6 Å². The fourth-order valence-electron chi connectivity index (χ4n) is 2.93. The fraction of sp³-hybridized carbons (Fsp3) is 0.375. The zero-order valence-electron chi connectivity index (χ0n) is 11.5. The Labute approximate surface area is 132 Å². The molecule has 1 aromatic carbocycles. The number of thiophene rings is 1. The Kier molecular flexibility index (Phi) is 3.43. The second-order valence-corrected chi connectivity index (χ2v) is 7.14. The molecule has 2 heterocycles. The van der Waals surface area contributed by atoms with Crippen LogP contribution in [-0.2, 0) is 6.42 Å². The van der Waals surface area contributed by atoms with E-state index in [1.165, 1.54) is 10.4 Å². The SMILES string of the molecule is Clc1cc2c(s1)CCC2Nc1ccc2c(c1)OCCCO2. The molecule has 1 aromatic heterocycles. The summed E-state index contributed by atoms with van der Waals surface area (Å²) < 4.78 is 12.3. The van der Waals surface area contributed by atoms with Crippen molar-refractivity contribution in [3.05, 3.63) is 39.0 Å². The van der Waals surface area contributed by atoms with E-state index in [2.05, 4.69) is 17.4 Å². The zero-order chi connectivity index (χ0) is 14.2. The lowest BCUT2D eigenvalue weighted by Crippen LogP contribution is -2.06. The Bertz CT molecular complexity index is 670. The van der Waals surface area contributed by atoms with Gasteiger partial charge in [0.2, 0.25) is 0 Å². The summed E-state index contributed by atoms with van der Waals surface area (Å²) >= 11 is 7.81. The van der Waals surface area contributed by atoms with Gasteiger partial charge in [-0.25, -0.2) is 0 Å². The summed E-state index contributed by atoms with van der Waals surface area (Å²) in [6.45, 7) is 1.43. The van der Waals surface area contributed by atoms with E-state index in [1.54, 1.807) is 11.3 Å². The van der Waals surface area contributed by atoms with Crippen LogP contribution in [0.5, 0.6) is 11.5 Å². The summed E-state index contributed by atoms with van der Waals surface area (Å²) in [5, 5.41) is 3.59. The first-order valence-electron chi connectivity index (χ1n) is 7.24. The maximum absolute atomic E-state index is 6.11. The molecule has 0 bridgehead atoms. The Morgan fingerprint density at radius 3 is 2.90 bits per heavy atom. The Morgan fingerprint density at radius 2 is 2.00 bits per heavy atom. The first-order valence-corrected chi connectivity index (χ1v) is 8.43. The molecule has 1 atom stereocenters. The lowest BCUT2D eigenvalue weighted by molar-refractivity contribution is 0.297. The van der Waals surface area contributed by atoms with Gasteiger partial charge in [-0.15, -0.1) is 11.3 Å². The molecule has 1 N–H and O–H groups in total. The third-order valence-corrected chi connectivity index (χ3v) is 5.28. The van der Waals surface area contributed by atoms with E-state index in [-0.39, 0.29) is 0 Å². The standard InChI is InChI=1S/C16H16ClNO2S/c17-16-9-11-12(3-5-15(11)21-16)18-10-2-4-13-14(8-10)20-7-1-6-19-13/h2,4,8-9,12,18H,1,3,5-7H2. The molecule has 21 heavy (non-hydrogen) atoms. The number of halogens is 1. The van der Waals surface area contributed by atoms with Gasteiger partial charge in [0.1, 0.15) is 0 Å². The highest BCUT2D eigenvalue weighted by Gasteiger charge is 2.25. The molecule has 3 nitrogen and oxygen atoms in total. The van der Waals surface area contributed by atoms with E-state index in [0.29, 0.717) is 12.6 Å². The second-order valence-electron chi connectivity index (χ2n) is 5.38. The van der Waals surface area contributed by atoms with E-state index >= 15 is 0 Å². The molecular weight excluding hydrogens is 306 g/mol. The lowest BCUT2D eigenvalue weighted by atomic mass is 10.1. The Morgan fingerprint density at radius 1 is 1.14 bits per heavy atom. The van der Waals surface area contributed by atoms with Crippen LogP contribution in [0.4, 0.5) is 5.69 Å². The van der Waals surface area contributed by atoms with E-state index in [1.807, 2.05) is 12.1 Å². The van der Waals surface area contributed by atoms with Crippen molar-refractivity contribution in [1.29, 1.82) is 0 Å². The van der Waals surface area contributed by atoms with Gasteiger partial charge in [0, 0.05) is 23.1 Å². The van der Waals surface area contributed by atoms with E-state index in [0.717, 1.165) is 47.4 Å². The molecule has 0 radical (unpaired) electrons. The zero-order valence-corrected chi connectivity index (χ0v) is 13.1. The Balaban J connectivity index is 1.56. The minimum Gasteiger partial charge on any atom is -0.490 e. The van der Waals surface area contributed by atoms with Crippen LogP contribution in [0.15, 0.2) is 24.3 Å². The first-order chi connectivity index (χ1) is 10.3. The number of hydrogen-bond acceptors (Lipinski definition) is 4. The number of ether oxygens (including phenoxy) is 2. The maximum Gasteiger partial charge on any atom is 0.163 e. The van der Waals surface area contributed by atoms with Gasteiger partial charge in [-0.3, -0.25) is 0 Å². The van der Waals surface area contributed by atoms with Crippen LogP contribution in [0.3, 0.4) is 0 Å². The Hall–Kier alpha value is -1.39. The van der Waals surface area contributed by atoms with Crippen molar-refractivity contribution in [1.82, 2.24) is 0 Å². The highest BCUT2D eigenvalue weighted by atomic mass is 35.5. The van der Waals surface area contributed by atoms with Crippen molar-refractivity contribution < 1.29 is 9.47 Å². The summed E-state index contributed by atoms with van der Waals surface area (Å²) in [5.41, 5.74) is 2.41. The van der Waals surface area contributed by atoms with Crippen LogP contribution in [0.2, 0.25) is 4.34 Å². The number of nitrogens with one attached hydrogen (secondary N) is 1. The minimum absolute atomic E-state index is 0.341. The molecule has 110 valence electrons. The largest absolute Gasteiger partial charge is 0.490 e. The lowest BCUT2D eigenvalue weighted by Gasteiger charge is -2.16. The number of fused-ring (bicyclic) bond motifs is 2. The summed E-state index contributed by atoms with van der Waals surface area (Å²) in [6, 6.07) is 8.51. The molecule has 1 aliphatic heterocycles. The summed E-state index contributed by atoms with van der Waals surface area (Å²) in [7, 11) is 0. The predicted octanol–water partition coefficient (Wildman–Crippen LogP) is 4.66. The van der Waals surface area contributed by atoms with Gasteiger partial charge in [0.15, 0.2) is 11.5 Å². The highest BCUT2D eigenvalue weighted by molar-refractivity contribution is 7.16. The molecule has 4 rings (SSSR count). The number of hydrogen-bond donors (Lipinski definition) is 1. The molecule has 0 saturated heterocycles. The normalized spacial score (nSPS) is 20.0. The molecule has 0 saturated carbocycles. The second kappa shape index (κ2) is 5.43. The molecule has 2 aliphatic rings. The highest BCUT2D eigenvalue weighted by Crippen LogP contribution is 2.42. The van der Waals surface area contributed by atoms with Gasteiger partial charge >= 0.3 is 0 Å². The fourth-order valence-corrected chi connectivity index (χ4v) is 4.29. The average molecular weight is 322 g/mol. The maximum atomic E-state index is 6.11. The van der Waals surface area contributed by atoms with Crippen molar-refractivity contribution in [2.45, 2.75) is 25.3 Å². The summed E-state index contributed by atoms with van der Waals surface area (Å²) in [6.07, 6.45) is 3.15. The third-order valence-electron chi connectivity index (χ3n) is 3.94. The van der Waals surface area contributed by atoms with Crippen LogP contribution in [-0.4, -0.2) is 13.2 Å². The molecule has 0 amide bonds. The molecule has 1 aliphatic carbocycles. The monoisotopic (exact) mass is 321 g/mol. The van der Waals surface area contributed by atoms with Crippen molar-refractivity contribution in [2.24, 2.45) is 0 Å². The van der Waals surface area contributed by atoms with Crippen LogP contribution >= 0.6 is 22.9 Å². The predicted molar refractivity (Wildman–Crippen MR) is 86.1 cm³/mol. The van der Waals surface area contributed by atoms with Gasteiger partial charge in [0.05, 0.1) is 23.6 Å². The van der Waals surface area contributed by atoms with Gasteiger partial charge < -0.3 is 14.8 Å². The number of aryl methyl sites for hydroxylation is 1. The number of rotatable bonds is 2. The molecule has 0 fully saturated rings. The molecule has 1 unspecified atom stereocenters. The first kappa shape index (κ1) is 13.3. The van der Waals surface area contributed by atoms with Crippen LogP contribution in [0.1, 0.15) is 29.3 Å². The van der Waals surface area contributed by atoms with E-state index in [4.69, 9.17) is 21.1 Å². The molecule has 0 spiro atoms. The molecule has 2 aromatic rings. The minimum atomic E-state index is 0.341. The number of benzene rings is 1. The van der Waals surface area contributed by atoms with Crippen molar-refractivity contribution in [2.75, 3.05) is 18.5 Å². The van der Waals surface area contributed by atoms with E-state index in [9.17, 15) is 0 Å². The van der Waals surface area contributed by atoms with Crippen molar-refractivity contribution in [3.63, 3.8) is 0 Å². The topological polar surface area (TPSA) is 30.5 Å². The van der Waals surface area contributed by atoms with Crippen LogP contribution in [0, 0.1) is 0 Å². The quantitative estimate of drug-likeness (QED) is 0.872. The van der Waals surface area contributed by atoms with E-state index < -0.39 is 0 Å². The molecule has 5 heteroatoms. The van der Waals surface area contributed by atoms with Gasteiger partial charge in [-0.2, -0.15) is 0 Å². The summed E-state index contributed by atoms with van der Waals surface area (Å²) in [5.74, 6) is 1.67. The van der Waals surface area contributed by atoms with Gasteiger partial charge in [0.25, 0.3) is 0 Å². The average Bonchev–Trinajstić information content (AvgIpc) is 2.91. The van der Waals surface area contributed by atoms with Crippen molar-refractivity contribution in [3.8, 4) is 11.5 Å². The van der Waals surface area contributed by atoms with Crippen molar-refractivity contribution >= 4 is 28.6 Å².